The van der Waals surface area contributed by atoms with Crippen molar-refractivity contribution in [2.24, 2.45) is 0 Å². The summed E-state index contributed by atoms with van der Waals surface area (Å²) in [5, 5.41) is 4.25. The maximum absolute atomic E-state index is 11.2. The van der Waals surface area contributed by atoms with E-state index in [2.05, 4.69) is 14.9 Å². The number of hydrogen-bond acceptors (Lipinski definition) is 5. The van der Waals surface area contributed by atoms with Crippen LogP contribution in [0.4, 0.5) is 0 Å². The van der Waals surface area contributed by atoms with Gasteiger partial charge < -0.3 is 9.85 Å². The number of carboxylic acid groups (broad SMARTS) is 1. The Balaban J connectivity index is 1.71. The van der Waals surface area contributed by atoms with Crippen LogP contribution >= 0.6 is 11.6 Å². The molecule has 0 aromatic heterocycles. The van der Waals surface area contributed by atoms with Crippen molar-refractivity contribution in [1.82, 2.24) is 9.80 Å². The average molecular weight is 395 g/mol. The van der Waals surface area contributed by atoms with Crippen LogP contribution in [0.25, 0.3) is 1.43 Å². The van der Waals surface area contributed by atoms with Crippen LogP contribution < -0.4 is 0 Å². The van der Waals surface area contributed by atoms with E-state index in [1.54, 1.807) is 12.1 Å². The Bertz CT molecular complexity index is 948. The van der Waals surface area contributed by atoms with Crippen molar-refractivity contribution < 1.29 is 21.5 Å². The van der Waals surface area contributed by atoms with E-state index in [0.29, 0.717) is 43.3 Å². The number of carboxylic acids is 1. The van der Waals surface area contributed by atoms with Gasteiger partial charge in [-0.15, -0.1) is 0 Å². The van der Waals surface area contributed by atoms with Crippen molar-refractivity contribution in [3.8, 4) is 0 Å². The molecule has 1 aliphatic rings. The van der Waals surface area contributed by atoms with Crippen LogP contribution in [0.1, 0.15) is 24.0 Å². The smallest absolute Gasteiger partial charge is 0.329 e. The molecule has 0 saturated carbocycles. The van der Waals surface area contributed by atoms with Gasteiger partial charge in [-0.1, -0.05) is 54.0 Å². The first-order valence-electron chi connectivity index (χ1n) is 11.6. The number of piperazine rings is 1. The van der Waals surface area contributed by atoms with Gasteiger partial charge in [-0.2, -0.15) is 0 Å². The van der Waals surface area contributed by atoms with Gasteiger partial charge >= 0.3 is 5.97 Å². The molecular weight excluding hydrogens is 364 g/mol. The van der Waals surface area contributed by atoms with Gasteiger partial charge in [-0.25, -0.2) is 4.79 Å². The van der Waals surface area contributed by atoms with Gasteiger partial charge in [-0.05, 0) is 23.3 Å². The molecule has 1 saturated heterocycles. The molecule has 1 unspecified atom stereocenters. The zero-order valence-electron chi connectivity index (χ0n) is 20.8. The first kappa shape index (κ1) is 13.3. The zero-order valence-corrected chi connectivity index (χ0v) is 15.5. The molecule has 144 valence electrons. The summed E-state index contributed by atoms with van der Waals surface area (Å²) in [7, 11) is 0. The second-order valence-electron chi connectivity index (χ2n) is 6.23. The van der Waals surface area contributed by atoms with E-state index in [0.717, 1.165) is 5.56 Å². The average Bonchev–Trinajstić information content (AvgIpc) is 2.77. The molecule has 3 rings (SSSR count). The molecule has 0 bridgehead atoms. The van der Waals surface area contributed by atoms with Crippen LogP contribution in [0, 0.1) is 0 Å². The van der Waals surface area contributed by atoms with E-state index in [-0.39, 0.29) is 30.8 Å². The third-order valence-electron chi connectivity index (χ3n) is 4.52. The van der Waals surface area contributed by atoms with Crippen LogP contribution in [-0.2, 0) is 9.53 Å². The van der Waals surface area contributed by atoms with Crippen molar-refractivity contribution in [1.29, 1.82) is 1.43 Å². The van der Waals surface area contributed by atoms with Crippen LogP contribution in [-0.4, -0.2) is 66.8 Å². The predicted molar refractivity (Wildman–Crippen MR) is 106 cm³/mol. The molecule has 1 aliphatic heterocycles. The molecule has 0 spiro atoms. The molecular formula is C21H25ClN2O3. The SMILES string of the molecule is [2H]OC(=O)C([2H])([2H])OCCN1CCN(C(c2ccc(Cl)cc2)c2c([2H])cc([2H])cc2[2H])CC1. The highest BCUT2D eigenvalue weighted by atomic mass is 35.5. The Kier molecular flexibility index (Phi) is 4.85. The first-order valence-corrected chi connectivity index (χ1v) is 9.11. The van der Waals surface area contributed by atoms with Crippen molar-refractivity contribution in [2.45, 2.75) is 6.04 Å². The summed E-state index contributed by atoms with van der Waals surface area (Å²) in [4.78, 5) is 15.5. The Labute approximate surface area is 173 Å². The number of nitrogens with zero attached hydrogens (tertiary/aromatic N) is 2. The van der Waals surface area contributed by atoms with Gasteiger partial charge in [0.1, 0.15) is 6.56 Å². The summed E-state index contributed by atoms with van der Waals surface area (Å²) < 4.78 is 51.1. The van der Waals surface area contributed by atoms with E-state index in [4.69, 9.17) is 24.6 Å². The maximum atomic E-state index is 11.2. The first-order chi connectivity index (χ1) is 15.6. The molecule has 1 heterocycles. The number of ether oxygens (including phenoxy) is 1. The lowest BCUT2D eigenvalue weighted by atomic mass is 9.96. The van der Waals surface area contributed by atoms with E-state index in [9.17, 15) is 4.79 Å². The minimum Gasteiger partial charge on any atom is -0.480 e. The highest BCUT2D eigenvalue weighted by Gasteiger charge is 2.26. The summed E-state index contributed by atoms with van der Waals surface area (Å²) in [6.45, 7) is 0.203. The Morgan fingerprint density at radius 3 is 2.59 bits per heavy atom. The molecule has 5 nitrogen and oxygen atoms in total. The van der Waals surface area contributed by atoms with Crippen molar-refractivity contribution in [3.63, 3.8) is 0 Å². The number of carbonyl (C=O) groups is 1. The second-order valence-corrected chi connectivity index (χ2v) is 6.66. The van der Waals surface area contributed by atoms with Crippen LogP contribution in [0.5, 0.6) is 0 Å². The van der Waals surface area contributed by atoms with Gasteiger partial charge in [0.05, 0.1) is 19.5 Å². The highest BCUT2D eigenvalue weighted by Crippen LogP contribution is 2.30. The highest BCUT2D eigenvalue weighted by molar-refractivity contribution is 6.30. The fraction of sp³-hybridized carbons (Fsp3) is 0.381. The second kappa shape index (κ2) is 9.85. The predicted octanol–water partition coefficient (Wildman–Crippen LogP) is 3.15. The van der Waals surface area contributed by atoms with E-state index < -0.39 is 12.5 Å². The van der Waals surface area contributed by atoms with E-state index >= 15 is 0 Å². The Morgan fingerprint density at radius 1 is 1.22 bits per heavy atom. The summed E-state index contributed by atoms with van der Waals surface area (Å²) in [6, 6.07) is 10.3. The molecule has 27 heavy (non-hydrogen) atoms. The normalized spacial score (nSPS) is 20.5. The van der Waals surface area contributed by atoms with Crippen LogP contribution in [0.2, 0.25) is 5.02 Å². The van der Waals surface area contributed by atoms with Gasteiger partial charge in [0.2, 0.25) is 0 Å². The monoisotopic (exact) mass is 394 g/mol. The fourth-order valence-corrected chi connectivity index (χ4v) is 3.34. The Hall–Kier alpha value is -1.92. The van der Waals surface area contributed by atoms with Crippen molar-refractivity contribution in [3.05, 3.63) is 70.7 Å². The molecule has 0 radical (unpaired) electrons. The molecule has 6 heteroatoms. The minimum absolute atomic E-state index is 0.0403. The summed E-state index contributed by atoms with van der Waals surface area (Å²) in [5.74, 6) is -1.39. The molecule has 2 aromatic carbocycles. The van der Waals surface area contributed by atoms with Crippen molar-refractivity contribution >= 4 is 17.6 Å². The molecule has 1 atom stereocenters. The standard InChI is InChI=1S/C21H25ClN2O3/c22-19-8-6-18(7-9-19)21(17-4-2-1-3-5-17)24-12-10-23(11-13-24)14-15-27-16-20(25)26/h1-9,21H,10-16H2,(H,25,26)/i1D,4D,5D,16D2/hD. The number of rotatable bonds is 8. The molecule has 1 N–H and O–H groups in total. The van der Waals surface area contributed by atoms with Crippen LogP contribution in [0.15, 0.2) is 54.5 Å². The lowest BCUT2D eigenvalue weighted by Gasteiger charge is -2.39. The number of benzene rings is 2. The lowest BCUT2D eigenvalue weighted by molar-refractivity contribution is -0.142. The lowest BCUT2D eigenvalue weighted by Crippen LogP contribution is -2.48. The molecule has 0 amide bonds. The Morgan fingerprint density at radius 2 is 1.93 bits per heavy atom. The van der Waals surface area contributed by atoms with Gasteiger partial charge in [0, 0.05) is 37.7 Å². The third-order valence-corrected chi connectivity index (χ3v) is 4.77. The zero-order chi connectivity index (χ0) is 24.2. The van der Waals surface area contributed by atoms with Gasteiger partial charge in [-0.3, -0.25) is 9.80 Å². The molecule has 2 aromatic rings. The molecule has 0 aliphatic carbocycles. The summed E-state index contributed by atoms with van der Waals surface area (Å²) in [6.07, 6.45) is 0. The number of hydrogen-bond donors (Lipinski definition) is 1. The third kappa shape index (κ3) is 5.78. The number of aliphatic carboxylic acids is 1. The van der Waals surface area contributed by atoms with E-state index in [1.165, 1.54) is 12.1 Å². The van der Waals surface area contributed by atoms with Gasteiger partial charge in [0.15, 0.2) is 0 Å². The minimum atomic E-state index is -2.66. The van der Waals surface area contributed by atoms with Crippen LogP contribution in [0.3, 0.4) is 0 Å². The van der Waals surface area contributed by atoms with Gasteiger partial charge in [0.25, 0.3) is 1.43 Å². The largest absolute Gasteiger partial charge is 0.480 e. The van der Waals surface area contributed by atoms with E-state index in [1.807, 2.05) is 12.1 Å². The fourth-order valence-electron chi connectivity index (χ4n) is 3.22. The maximum Gasteiger partial charge on any atom is 0.329 e. The van der Waals surface area contributed by atoms with Crippen molar-refractivity contribution in [2.75, 3.05) is 45.9 Å². The number of halogens is 1. The quantitative estimate of drug-likeness (QED) is 0.745. The summed E-state index contributed by atoms with van der Waals surface area (Å²) in [5.41, 5.74) is 1.44. The summed E-state index contributed by atoms with van der Waals surface area (Å²) >= 11 is 6.06. The topological polar surface area (TPSA) is 53.0 Å². The molecule has 1 fully saturated rings.